The Morgan fingerprint density at radius 3 is 2.33 bits per heavy atom. The van der Waals surface area contributed by atoms with Gasteiger partial charge in [0, 0.05) is 34.6 Å². The lowest BCUT2D eigenvalue weighted by Crippen LogP contribution is -2.34. The van der Waals surface area contributed by atoms with Gasteiger partial charge >= 0.3 is 6.18 Å². The van der Waals surface area contributed by atoms with Crippen molar-refractivity contribution in [3.05, 3.63) is 94.7 Å². The smallest absolute Gasteiger partial charge is 0.416 e. The molecule has 4 aromatic rings. The van der Waals surface area contributed by atoms with Crippen LogP contribution >= 0.6 is 0 Å². The Morgan fingerprint density at radius 2 is 1.64 bits per heavy atom. The third-order valence-corrected chi connectivity index (χ3v) is 6.32. The predicted octanol–water partition coefficient (Wildman–Crippen LogP) is 6.03. The van der Waals surface area contributed by atoms with Crippen molar-refractivity contribution < 1.29 is 22.6 Å². The van der Waals surface area contributed by atoms with Crippen molar-refractivity contribution in [1.82, 2.24) is 10.3 Å². The molecule has 0 saturated heterocycles. The van der Waals surface area contributed by atoms with E-state index in [4.69, 9.17) is 9.47 Å². The molecule has 1 aromatic heterocycles. The zero-order valence-electron chi connectivity index (χ0n) is 18.2. The number of aromatic nitrogens is 1. The Kier molecular flexibility index (Phi) is 5.29. The van der Waals surface area contributed by atoms with Crippen LogP contribution in [0.3, 0.4) is 0 Å². The molecule has 5 rings (SSSR count). The minimum absolute atomic E-state index is 0.0353. The molecule has 4 nitrogen and oxygen atoms in total. The third-order valence-electron chi connectivity index (χ3n) is 6.32. The van der Waals surface area contributed by atoms with Gasteiger partial charge in [-0.05, 0) is 35.4 Å². The summed E-state index contributed by atoms with van der Waals surface area (Å²) in [7, 11) is 3.23. The number of ether oxygens (including phenoxy) is 2. The highest BCUT2D eigenvalue weighted by molar-refractivity contribution is 5.87. The van der Waals surface area contributed by atoms with Gasteiger partial charge in [0.25, 0.3) is 0 Å². The summed E-state index contributed by atoms with van der Waals surface area (Å²) in [5, 5.41) is 4.62. The van der Waals surface area contributed by atoms with Crippen LogP contribution in [0.25, 0.3) is 10.9 Å². The van der Waals surface area contributed by atoms with Crippen molar-refractivity contribution in [2.24, 2.45) is 0 Å². The van der Waals surface area contributed by atoms with Gasteiger partial charge in [0.15, 0.2) is 11.5 Å². The Balaban J connectivity index is 1.65. The number of halogens is 3. The second-order valence-electron chi connectivity index (χ2n) is 8.09. The molecule has 2 atom stereocenters. The van der Waals surface area contributed by atoms with E-state index in [9.17, 15) is 13.2 Å². The zero-order chi connectivity index (χ0) is 23.2. The lowest BCUT2D eigenvalue weighted by Gasteiger charge is -2.32. The molecule has 2 heterocycles. The molecular weight excluding hydrogens is 429 g/mol. The molecule has 0 radical (unpaired) electrons. The number of H-pyrrole nitrogens is 1. The van der Waals surface area contributed by atoms with E-state index in [1.165, 1.54) is 0 Å². The van der Waals surface area contributed by atoms with Gasteiger partial charge in [0.2, 0.25) is 0 Å². The second kappa shape index (κ2) is 8.15. The fourth-order valence-corrected chi connectivity index (χ4v) is 4.83. The molecule has 2 N–H and O–H groups in total. The number of alkyl halides is 3. The molecule has 0 amide bonds. The molecule has 33 heavy (non-hydrogen) atoms. The summed E-state index contributed by atoms with van der Waals surface area (Å²) in [6, 6.07) is 19.0. The van der Waals surface area contributed by atoms with Crippen LogP contribution in [-0.2, 0) is 6.18 Å². The highest BCUT2D eigenvalue weighted by atomic mass is 19.4. The number of fused-ring (bicyclic) bond motifs is 3. The normalized spacial score (nSPS) is 18.2. The van der Waals surface area contributed by atoms with Crippen molar-refractivity contribution in [3.8, 4) is 11.5 Å². The van der Waals surface area contributed by atoms with E-state index in [1.807, 2.05) is 36.4 Å². The van der Waals surface area contributed by atoms with E-state index in [1.54, 1.807) is 26.4 Å². The summed E-state index contributed by atoms with van der Waals surface area (Å²) >= 11 is 0. The molecule has 1 aliphatic rings. The molecular formula is C26H23F3N2O2. The van der Waals surface area contributed by atoms with Crippen LogP contribution in [0.4, 0.5) is 13.2 Å². The number of para-hydroxylation sites is 2. The number of methoxy groups -OCH3 is 2. The van der Waals surface area contributed by atoms with Crippen LogP contribution in [0.15, 0.2) is 66.7 Å². The summed E-state index contributed by atoms with van der Waals surface area (Å²) in [6.07, 6.45) is -4.36. The highest BCUT2D eigenvalue weighted by Gasteiger charge is 2.35. The second-order valence-corrected chi connectivity index (χ2v) is 8.09. The largest absolute Gasteiger partial charge is 0.493 e. The quantitative estimate of drug-likeness (QED) is 0.398. The van der Waals surface area contributed by atoms with E-state index in [0.29, 0.717) is 18.0 Å². The maximum absolute atomic E-state index is 13.1. The van der Waals surface area contributed by atoms with Crippen LogP contribution in [0.5, 0.6) is 11.5 Å². The molecule has 3 aromatic carbocycles. The van der Waals surface area contributed by atoms with Crippen LogP contribution in [0.1, 0.15) is 39.9 Å². The van der Waals surface area contributed by atoms with Gasteiger partial charge in [-0.3, -0.25) is 0 Å². The summed E-state index contributed by atoms with van der Waals surface area (Å²) < 4.78 is 50.4. The fraction of sp³-hybridized carbons (Fsp3) is 0.231. The van der Waals surface area contributed by atoms with E-state index in [0.717, 1.165) is 45.4 Å². The van der Waals surface area contributed by atoms with Gasteiger partial charge in [-0.15, -0.1) is 0 Å². The van der Waals surface area contributed by atoms with E-state index in [2.05, 4.69) is 16.4 Å². The van der Waals surface area contributed by atoms with Crippen molar-refractivity contribution in [2.45, 2.75) is 18.1 Å². The first kappa shape index (κ1) is 21.4. The fourth-order valence-electron chi connectivity index (χ4n) is 4.83. The Bertz CT molecular complexity index is 1300. The summed E-state index contributed by atoms with van der Waals surface area (Å²) in [5.41, 5.74) is 4.14. The molecule has 7 heteroatoms. The van der Waals surface area contributed by atoms with Crippen molar-refractivity contribution in [1.29, 1.82) is 0 Å². The molecule has 0 saturated carbocycles. The summed E-state index contributed by atoms with van der Waals surface area (Å²) in [6.45, 7) is 0.587. The topological polar surface area (TPSA) is 46.3 Å². The van der Waals surface area contributed by atoms with Gasteiger partial charge in [-0.25, -0.2) is 0 Å². The average Bonchev–Trinajstić information content (AvgIpc) is 3.22. The van der Waals surface area contributed by atoms with E-state index >= 15 is 0 Å². The zero-order valence-corrected chi connectivity index (χ0v) is 18.2. The van der Waals surface area contributed by atoms with E-state index < -0.39 is 11.7 Å². The van der Waals surface area contributed by atoms with Crippen LogP contribution < -0.4 is 14.8 Å². The maximum atomic E-state index is 13.1. The van der Waals surface area contributed by atoms with Crippen molar-refractivity contribution in [3.63, 3.8) is 0 Å². The number of hydrogen-bond acceptors (Lipinski definition) is 3. The molecule has 0 fully saturated rings. The summed E-state index contributed by atoms with van der Waals surface area (Å²) in [5.74, 6) is 1.30. The van der Waals surface area contributed by atoms with Gasteiger partial charge in [-0.1, -0.05) is 42.5 Å². The Labute approximate surface area is 189 Å². The molecule has 1 aliphatic heterocycles. The van der Waals surface area contributed by atoms with E-state index in [-0.39, 0.29) is 12.0 Å². The number of benzene rings is 3. The van der Waals surface area contributed by atoms with Crippen LogP contribution in [-0.4, -0.2) is 25.7 Å². The van der Waals surface area contributed by atoms with Gasteiger partial charge < -0.3 is 19.8 Å². The number of nitrogens with one attached hydrogen (secondary N) is 2. The molecule has 0 unspecified atom stereocenters. The highest BCUT2D eigenvalue weighted by Crippen LogP contribution is 2.46. The first-order valence-corrected chi connectivity index (χ1v) is 10.6. The Hall–Kier alpha value is -3.45. The lowest BCUT2D eigenvalue weighted by molar-refractivity contribution is -0.137. The summed E-state index contributed by atoms with van der Waals surface area (Å²) in [4.78, 5) is 3.52. The monoisotopic (exact) mass is 452 g/mol. The minimum Gasteiger partial charge on any atom is -0.493 e. The first-order valence-electron chi connectivity index (χ1n) is 10.6. The van der Waals surface area contributed by atoms with Crippen LogP contribution in [0.2, 0.25) is 0 Å². The van der Waals surface area contributed by atoms with Crippen molar-refractivity contribution >= 4 is 10.9 Å². The standard InChI is InChI=1S/C26H23F3N2O2/c1-32-21-9-5-7-17(25(21)33-2)19-14-30-23(15-10-12-16(13-11-15)26(27,28)29)24-22(19)18-6-3-4-8-20(18)31-24/h3-13,19,23,30-31H,14H2,1-2H3/t19-,23-/m0/s1. The molecule has 0 bridgehead atoms. The predicted molar refractivity (Wildman–Crippen MR) is 121 cm³/mol. The molecule has 0 spiro atoms. The van der Waals surface area contributed by atoms with Gasteiger partial charge in [0.1, 0.15) is 0 Å². The van der Waals surface area contributed by atoms with Gasteiger partial charge in [0.05, 0.1) is 25.8 Å². The average molecular weight is 452 g/mol. The SMILES string of the molecule is COc1cccc([C@@H]2CN[C@@H](c3ccc(C(F)(F)F)cc3)c3[nH]c4ccccc4c32)c1OC. The number of rotatable bonds is 4. The minimum atomic E-state index is -4.36. The number of aromatic amines is 1. The first-order chi connectivity index (χ1) is 15.9. The third kappa shape index (κ3) is 3.62. The van der Waals surface area contributed by atoms with Gasteiger partial charge in [-0.2, -0.15) is 13.2 Å². The number of hydrogen-bond donors (Lipinski definition) is 2. The van der Waals surface area contributed by atoms with Crippen molar-refractivity contribution in [2.75, 3.05) is 20.8 Å². The van der Waals surface area contributed by atoms with Crippen LogP contribution in [0, 0.1) is 0 Å². The lowest BCUT2D eigenvalue weighted by atomic mass is 9.82. The molecule has 0 aliphatic carbocycles. The molecule has 170 valence electrons. The Morgan fingerprint density at radius 1 is 0.879 bits per heavy atom. The maximum Gasteiger partial charge on any atom is 0.416 e.